The van der Waals surface area contributed by atoms with Crippen LogP contribution >= 0.6 is 15.9 Å². The van der Waals surface area contributed by atoms with Crippen LogP contribution in [0, 0.1) is 11.8 Å². The molecule has 0 spiro atoms. The average Bonchev–Trinajstić information content (AvgIpc) is 2.79. The van der Waals surface area contributed by atoms with E-state index in [1.54, 1.807) is 0 Å². The molecule has 2 nitrogen and oxygen atoms in total. The highest BCUT2D eigenvalue weighted by atomic mass is 79.9. The van der Waals surface area contributed by atoms with Gasteiger partial charge in [0.05, 0.1) is 0 Å². The van der Waals surface area contributed by atoms with Gasteiger partial charge in [0.15, 0.2) is 0 Å². The monoisotopic (exact) mass is 289 g/mol. The smallest absolute Gasteiger partial charge is 0.223 e. The third-order valence-corrected chi connectivity index (χ3v) is 3.96. The maximum absolute atomic E-state index is 11.8. The molecule has 1 N–H and O–H groups in total. The molecule has 0 bridgehead atoms. The Morgan fingerprint density at radius 3 is 2.62 bits per heavy atom. The topological polar surface area (TPSA) is 29.1 Å². The lowest BCUT2D eigenvalue weighted by Crippen LogP contribution is -2.33. The molecule has 3 heteroatoms. The Hall–Kier alpha value is -0.0500. The predicted molar refractivity (Wildman–Crippen MR) is 71.8 cm³/mol. The molecule has 0 aromatic carbocycles. The summed E-state index contributed by atoms with van der Waals surface area (Å²) in [6, 6.07) is 0. The van der Waals surface area contributed by atoms with Gasteiger partial charge in [-0.2, -0.15) is 0 Å². The van der Waals surface area contributed by atoms with Crippen LogP contribution < -0.4 is 5.32 Å². The van der Waals surface area contributed by atoms with Crippen molar-refractivity contribution in [1.82, 2.24) is 5.32 Å². The van der Waals surface area contributed by atoms with E-state index in [2.05, 4.69) is 28.2 Å². The van der Waals surface area contributed by atoms with Gasteiger partial charge in [0.1, 0.15) is 0 Å². The predicted octanol–water partition coefficient (Wildman–Crippen LogP) is 3.49. The molecule has 0 aliphatic heterocycles. The molecule has 1 amide bonds. The van der Waals surface area contributed by atoms with Crippen LogP contribution in [-0.2, 0) is 4.79 Å². The summed E-state index contributed by atoms with van der Waals surface area (Å²) in [4.78, 5) is 11.8. The summed E-state index contributed by atoms with van der Waals surface area (Å²) in [6.07, 6.45) is 8.26. The molecule has 1 rings (SSSR count). The zero-order valence-electron chi connectivity index (χ0n) is 10.3. The summed E-state index contributed by atoms with van der Waals surface area (Å²) in [7, 11) is 0. The van der Waals surface area contributed by atoms with Gasteiger partial charge in [-0.3, -0.25) is 4.79 Å². The van der Waals surface area contributed by atoms with Gasteiger partial charge < -0.3 is 5.32 Å². The van der Waals surface area contributed by atoms with E-state index in [1.165, 1.54) is 32.1 Å². The number of carbonyl (C=O) groups is 1. The molecule has 1 unspecified atom stereocenters. The highest BCUT2D eigenvalue weighted by Crippen LogP contribution is 2.24. The van der Waals surface area contributed by atoms with Crippen LogP contribution in [0.4, 0.5) is 0 Å². The molecule has 0 aromatic rings. The van der Waals surface area contributed by atoms with E-state index in [4.69, 9.17) is 0 Å². The van der Waals surface area contributed by atoms with Crippen molar-refractivity contribution in [3.05, 3.63) is 0 Å². The first-order valence-electron chi connectivity index (χ1n) is 6.61. The van der Waals surface area contributed by atoms with E-state index < -0.39 is 0 Å². The van der Waals surface area contributed by atoms with Crippen LogP contribution in [0.1, 0.15) is 51.9 Å². The first-order valence-corrected chi connectivity index (χ1v) is 7.73. The second kappa shape index (κ2) is 8.10. The lowest BCUT2D eigenvalue weighted by Gasteiger charge is -2.17. The fourth-order valence-corrected chi connectivity index (χ4v) is 3.14. The number of amides is 1. The molecule has 1 saturated carbocycles. The van der Waals surface area contributed by atoms with Crippen LogP contribution in [0.5, 0.6) is 0 Å². The summed E-state index contributed by atoms with van der Waals surface area (Å²) >= 11 is 3.48. The lowest BCUT2D eigenvalue weighted by atomic mass is 10.00. The van der Waals surface area contributed by atoms with E-state index in [9.17, 15) is 4.79 Å². The molecule has 1 aliphatic carbocycles. The summed E-state index contributed by atoms with van der Waals surface area (Å²) in [5.74, 6) is 1.26. The quantitative estimate of drug-likeness (QED) is 0.714. The van der Waals surface area contributed by atoms with Crippen molar-refractivity contribution < 1.29 is 4.79 Å². The summed E-state index contributed by atoms with van der Waals surface area (Å²) in [5, 5.41) is 4.17. The Morgan fingerprint density at radius 1 is 1.38 bits per heavy atom. The third-order valence-electron chi connectivity index (χ3n) is 3.51. The van der Waals surface area contributed by atoms with Crippen molar-refractivity contribution in [2.24, 2.45) is 11.8 Å². The summed E-state index contributed by atoms with van der Waals surface area (Å²) in [6.45, 7) is 3.08. The SMILES string of the molecule is CCCC(CCBr)CNC(=O)C1CCCC1. The van der Waals surface area contributed by atoms with Crippen LogP contribution in [0.25, 0.3) is 0 Å². The van der Waals surface area contributed by atoms with Crippen LogP contribution in [0.2, 0.25) is 0 Å². The number of hydrogen-bond donors (Lipinski definition) is 1. The van der Waals surface area contributed by atoms with Gasteiger partial charge in [0, 0.05) is 17.8 Å². The molecular weight excluding hydrogens is 266 g/mol. The van der Waals surface area contributed by atoms with Gasteiger partial charge in [0.2, 0.25) is 5.91 Å². The number of halogens is 1. The summed E-state index contributed by atoms with van der Waals surface area (Å²) in [5.41, 5.74) is 0. The van der Waals surface area contributed by atoms with Gasteiger partial charge in [0.25, 0.3) is 0 Å². The van der Waals surface area contributed by atoms with Crippen molar-refractivity contribution in [3.63, 3.8) is 0 Å². The van der Waals surface area contributed by atoms with E-state index in [0.717, 1.165) is 24.7 Å². The number of rotatable bonds is 7. The van der Waals surface area contributed by atoms with Crippen molar-refractivity contribution in [2.75, 3.05) is 11.9 Å². The Kier molecular flexibility index (Phi) is 7.10. The van der Waals surface area contributed by atoms with Gasteiger partial charge >= 0.3 is 0 Å². The minimum Gasteiger partial charge on any atom is -0.356 e. The van der Waals surface area contributed by atoms with Crippen molar-refractivity contribution in [3.8, 4) is 0 Å². The van der Waals surface area contributed by atoms with Crippen LogP contribution in [0.3, 0.4) is 0 Å². The molecule has 16 heavy (non-hydrogen) atoms. The minimum atomic E-state index is 0.299. The molecule has 1 fully saturated rings. The molecule has 0 radical (unpaired) electrons. The molecule has 0 saturated heterocycles. The van der Waals surface area contributed by atoms with Crippen molar-refractivity contribution in [1.29, 1.82) is 0 Å². The van der Waals surface area contributed by atoms with Crippen molar-refractivity contribution in [2.45, 2.75) is 51.9 Å². The zero-order chi connectivity index (χ0) is 11.8. The molecule has 1 atom stereocenters. The van der Waals surface area contributed by atoms with E-state index >= 15 is 0 Å². The maximum Gasteiger partial charge on any atom is 0.223 e. The largest absolute Gasteiger partial charge is 0.356 e. The van der Waals surface area contributed by atoms with Gasteiger partial charge in [-0.25, -0.2) is 0 Å². The Balaban J connectivity index is 2.21. The van der Waals surface area contributed by atoms with Crippen molar-refractivity contribution >= 4 is 21.8 Å². The number of alkyl halides is 1. The highest BCUT2D eigenvalue weighted by Gasteiger charge is 2.22. The molecular formula is C13H24BrNO. The fraction of sp³-hybridized carbons (Fsp3) is 0.923. The van der Waals surface area contributed by atoms with Gasteiger partial charge in [-0.1, -0.05) is 42.1 Å². The zero-order valence-corrected chi connectivity index (χ0v) is 11.9. The molecule has 94 valence electrons. The van der Waals surface area contributed by atoms with E-state index in [1.807, 2.05) is 0 Å². The van der Waals surface area contributed by atoms with Gasteiger partial charge in [-0.05, 0) is 31.6 Å². The van der Waals surface area contributed by atoms with E-state index in [0.29, 0.717) is 17.7 Å². The minimum absolute atomic E-state index is 0.299. The lowest BCUT2D eigenvalue weighted by molar-refractivity contribution is -0.125. The summed E-state index contributed by atoms with van der Waals surface area (Å²) < 4.78 is 0. The Morgan fingerprint density at radius 2 is 2.06 bits per heavy atom. The number of carbonyl (C=O) groups excluding carboxylic acids is 1. The molecule has 0 aromatic heterocycles. The maximum atomic E-state index is 11.8. The second-order valence-electron chi connectivity index (χ2n) is 4.86. The standard InChI is InChI=1S/C13H24BrNO/c1-2-5-11(8-9-14)10-15-13(16)12-6-3-4-7-12/h11-12H,2-10H2,1H3,(H,15,16). The van der Waals surface area contributed by atoms with Crippen LogP contribution in [0.15, 0.2) is 0 Å². The second-order valence-corrected chi connectivity index (χ2v) is 5.65. The third kappa shape index (κ3) is 4.86. The van der Waals surface area contributed by atoms with Crippen LogP contribution in [-0.4, -0.2) is 17.8 Å². The normalized spacial score (nSPS) is 18.6. The number of hydrogen-bond acceptors (Lipinski definition) is 1. The van der Waals surface area contributed by atoms with Gasteiger partial charge in [-0.15, -0.1) is 0 Å². The first kappa shape index (κ1) is 14.0. The first-order chi connectivity index (χ1) is 7.77. The highest BCUT2D eigenvalue weighted by molar-refractivity contribution is 9.09. The Labute approximate surface area is 108 Å². The average molecular weight is 290 g/mol. The molecule has 1 aliphatic rings. The Bertz CT molecular complexity index is 196. The molecule has 0 heterocycles. The fourth-order valence-electron chi connectivity index (χ4n) is 2.49. The number of nitrogens with one attached hydrogen (secondary N) is 1. The van der Waals surface area contributed by atoms with E-state index in [-0.39, 0.29) is 0 Å².